The normalized spacial score (nSPS) is 11.3. The zero-order chi connectivity index (χ0) is 27.4. The molecule has 38 heavy (non-hydrogen) atoms. The minimum Gasteiger partial charge on any atom is -0.508 e. The van der Waals surface area contributed by atoms with Gasteiger partial charge in [-0.3, -0.25) is 9.59 Å². The van der Waals surface area contributed by atoms with E-state index in [4.69, 9.17) is 0 Å². The maximum Gasteiger partial charge on any atom is 0.189 e. The van der Waals surface area contributed by atoms with Gasteiger partial charge in [0.15, 0.2) is 11.6 Å². The number of hydrogen-bond acceptors (Lipinski definition) is 8. The smallest absolute Gasteiger partial charge is 0.189 e. The molecule has 0 aromatic heterocycles. The summed E-state index contributed by atoms with van der Waals surface area (Å²) in [5.74, 6) is -2.64. The van der Waals surface area contributed by atoms with E-state index in [9.17, 15) is 40.2 Å². The maximum atomic E-state index is 12.8. The Morgan fingerprint density at radius 1 is 0.474 bits per heavy atom. The number of phenols is 6. The molecule has 0 bridgehead atoms. The second-order valence-electron chi connectivity index (χ2n) is 8.35. The molecule has 0 radical (unpaired) electrons. The summed E-state index contributed by atoms with van der Waals surface area (Å²) in [5, 5.41) is 59.9. The van der Waals surface area contributed by atoms with Gasteiger partial charge in [-0.25, -0.2) is 0 Å². The van der Waals surface area contributed by atoms with E-state index < -0.39 is 17.3 Å². The maximum absolute atomic E-state index is 12.8. The van der Waals surface area contributed by atoms with Gasteiger partial charge in [0.25, 0.3) is 0 Å². The quantitative estimate of drug-likeness (QED) is 0.143. The highest BCUT2D eigenvalue weighted by molar-refractivity contribution is 6.10. The van der Waals surface area contributed by atoms with Crippen molar-refractivity contribution in [3.8, 4) is 45.6 Å². The number of ketones is 2. The van der Waals surface area contributed by atoms with Crippen LogP contribution in [0.1, 0.15) is 31.8 Å². The summed E-state index contributed by atoms with van der Waals surface area (Å²) < 4.78 is 0. The third kappa shape index (κ3) is 5.66. The first-order chi connectivity index (χ1) is 18.1. The Bertz CT molecular complexity index is 1600. The van der Waals surface area contributed by atoms with Gasteiger partial charge in [-0.1, -0.05) is 30.4 Å². The Kier molecular flexibility index (Phi) is 7.16. The monoisotopic (exact) mass is 510 g/mol. The van der Waals surface area contributed by atoms with Crippen LogP contribution in [-0.2, 0) is 0 Å². The summed E-state index contributed by atoms with van der Waals surface area (Å²) in [7, 11) is 0. The van der Waals surface area contributed by atoms with E-state index in [-0.39, 0.29) is 51.0 Å². The first-order valence-electron chi connectivity index (χ1n) is 11.3. The van der Waals surface area contributed by atoms with E-state index in [2.05, 4.69) is 0 Å². The number of benzene rings is 4. The van der Waals surface area contributed by atoms with Crippen molar-refractivity contribution in [2.75, 3.05) is 0 Å². The van der Waals surface area contributed by atoms with Crippen LogP contribution in [0, 0.1) is 0 Å². The average molecular weight is 510 g/mol. The fourth-order valence-electron chi connectivity index (χ4n) is 3.70. The van der Waals surface area contributed by atoms with Crippen LogP contribution in [0.2, 0.25) is 0 Å². The molecule has 0 heterocycles. The third-order valence-corrected chi connectivity index (χ3v) is 5.68. The SMILES string of the molecule is O=C(/C=C/c1ccc(O)c(-c2cc(C(=O)/C=C/c3ccc(O)cc3)c(O)cc2O)c1)c1ccc(O)cc1O. The zero-order valence-corrected chi connectivity index (χ0v) is 19.7. The van der Waals surface area contributed by atoms with Gasteiger partial charge in [0, 0.05) is 23.3 Å². The van der Waals surface area contributed by atoms with Crippen LogP contribution in [0.25, 0.3) is 23.3 Å². The van der Waals surface area contributed by atoms with E-state index in [1.54, 1.807) is 12.1 Å². The van der Waals surface area contributed by atoms with E-state index in [0.717, 1.165) is 12.1 Å². The van der Waals surface area contributed by atoms with Gasteiger partial charge < -0.3 is 30.6 Å². The lowest BCUT2D eigenvalue weighted by atomic mass is 9.96. The third-order valence-electron chi connectivity index (χ3n) is 5.68. The molecule has 190 valence electrons. The fourth-order valence-corrected chi connectivity index (χ4v) is 3.70. The van der Waals surface area contributed by atoms with Crippen LogP contribution in [0.5, 0.6) is 34.5 Å². The second-order valence-corrected chi connectivity index (χ2v) is 8.35. The molecule has 0 spiro atoms. The number of carbonyl (C=O) groups excluding carboxylic acids is 2. The van der Waals surface area contributed by atoms with E-state index in [0.29, 0.717) is 11.1 Å². The van der Waals surface area contributed by atoms with E-state index in [1.807, 2.05) is 0 Å². The molecule has 0 fully saturated rings. The lowest BCUT2D eigenvalue weighted by molar-refractivity contribution is 0.103. The van der Waals surface area contributed by atoms with E-state index >= 15 is 0 Å². The van der Waals surface area contributed by atoms with Gasteiger partial charge in [0.2, 0.25) is 0 Å². The number of rotatable bonds is 7. The van der Waals surface area contributed by atoms with Crippen molar-refractivity contribution < 1.29 is 40.2 Å². The lowest BCUT2D eigenvalue weighted by Gasteiger charge is -2.11. The van der Waals surface area contributed by atoms with Gasteiger partial charge in [-0.2, -0.15) is 0 Å². The second kappa shape index (κ2) is 10.6. The average Bonchev–Trinajstić information content (AvgIpc) is 2.88. The Hall–Kier alpha value is -5.50. The first-order valence-corrected chi connectivity index (χ1v) is 11.3. The molecule has 4 aromatic carbocycles. The molecule has 0 saturated carbocycles. The largest absolute Gasteiger partial charge is 0.508 e. The molecule has 0 aliphatic heterocycles. The number of hydrogen-bond donors (Lipinski definition) is 6. The Balaban J connectivity index is 1.64. The van der Waals surface area contributed by atoms with Crippen LogP contribution in [-0.4, -0.2) is 42.2 Å². The molecule has 8 nitrogen and oxygen atoms in total. The van der Waals surface area contributed by atoms with Gasteiger partial charge in [-0.05, 0) is 65.7 Å². The predicted octanol–water partition coefficient (Wildman–Crippen LogP) is 5.38. The lowest BCUT2D eigenvalue weighted by Crippen LogP contribution is -1.97. The van der Waals surface area contributed by atoms with Gasteiger partial charge in [0.1, 0.15) is 34.5 Å². The molecular formula is C30H22O8. The summed E-state index contributed by atoms with van der Waals surface area (Å²) in [6.45, 7) is 0. The predicted molar refractivity (Wildman–Crippen MR) is 141 cm³/mol. The Morgan fingerprint density at radius 3 is 1.71 bits per heavy atom. The minimum atomic E-state index is -0.563. The minimum absolute atomic E-state index is 0.0160. The van der Waals surface area contributed by atoms with E-state index in [1.165, 1.54) is 72.8 Å². The van der Waals surface area contributed by atoms with Crippen LogP contribution in [0.15, 0.2) is 84.9 Å². The highest BCUT2D eigenvalue weighted by Gasteiger charge is 2.17. The topological polar surface area (TPSA) is 156 Å². The Morgan fingerprint density at radius 2 is 1.03 bits per heavy atom. The summed E-state index contributed by atoms with van der Waals surface area (Å²) >= 11 is 0. The molecule has 0 unspecified atom stereocenters. The van der Waals surface area contributed by atoms with Crippen molar-refractivity contribution in [2.45, 2.75) is 0 Å². The summed E-state index contributed by atoms with van der Waals surface area (Å²) in [6, 6.07) is 16.3. The molecule has 6 N–H and O–H groups in total. The summed E-state index contributed by atoms with van der Waals surface area (Å²) in [5.41, 5.74) is 1.17. The molecule has 0 atom stereocenters. The van der Waals surface area contributed by atoms with Crippen molar-refractivity contribution in [3.05, 3.63) is 107 Å². The fraction of sp³-hybridized carbons (Fsp3) is 0. The number of aromatic hydroxyl groups is 6. The number of phenolic OH excluding ortho intramolecular Hbond substituents is 6. The van der Waals surface area contributed by atoms with Crippen molar-refractivity contribution in [1.29, 1.82) is 0 Å². The standard InChI is InChI=1S/C30H22O8/c31-19-6-1-17(2-7-19)3-10-27(35)24-15-23(29(37)16-30(24)38)22-13-18(5-12-26(22)34)4-11-25(33)21-9-8-20(32)14-28(21)36/h1-16,31-32,34,36-38H/b10-3+,11-4+. The molecule has 0 aliphatic carbocycles. The van der Waals surface area contributed by atoms with Crippen LogP contribution >= 0.6 is 0 Å². The van der Waals surface area contributed by atoms with Crippen molar-refractivity contribution >= 4 is 23.7 Å². The van der Waals surface area contributed by atoms with Crippen LogP contribution in [0.4, 0.5) is 0 Å². The van der Waals surface area contributed by atoms with Crippen molar-refractivity contribution in [3.63, 3.8) is 0 Å². The summed E-state index contributed by atoms with van der Waals surface area (Å²) in [4.78, 5) is 25.3. The molecule has 0 amide bonds. The highest BCUT2D eigenvalue weighted by atomic mass is 16.3. The zero-order valence-electron chi connectivity index (χ0n) is 19.7. The summed E-state index contributed by atoms with van der Waals surface area (Å²) in [6.07, 6.45) is 5.36. The Labute approximate surface area is 217 Å². The van der Waals surface area contributed by atoms with Crippen molar-refractivity contribution in [1.82, 2.24) is 0 Å². The number of carbonyl (C=O) groups is 2. The molecule has 8 heteroatoms. The van der Waals surface area contributed by atoms with Gasteiger partial charge in [-0.15, -0.1) is 0 Å². The number of allylic oxidation sites excluding steroid dienone is 2. The molecule has 0 saturated heterocycles. The van der Waals surface area contributed by atoms with Crippen molar-refractivity contribution in [2.24, 2.45) is 0 Å². The van der Waals surface area contributed by atoms with Gasteiger partial charge in [0.05, 0.1) is 11.1 Å². The molecule has 4 aromatic rings. The highest BCUT2D eigenvalue weighted by Crippen LogP contribution is 2.40. The molecule has 4 rings (SSSR count). The van der Waals surface area contributed by atoms with Crippen LogP contribution in [0.3, 0.4) is 0 Å². The molecule has 0 aliphatic rings. The van der Waals surface area contributed by atoms with Gasteiger partial charge >= 0.3 is 0 Å². The molecular weight excluding hydrogens is 488 g/mol. The first kappa shape index (κ1) is 25.6. The van der Waals surface area contributed by atoms with Crippen LogP contribution < -0.4 is 0 Å².